The second kappa shape index (κ2) is 5.53. The van der Waals surface area contributed by atoms with Gasteiger partial charge >= 0.3 is 0 Å². The summed E-state index contributed by atoms with van der Waals surface area (Å²) in [6.07, 6.45) is 0. The molecule has 0 aromatic heterocycles. The molecule has 0 bridgehead atoms. The molecule has 100 valence electrons. The van der Waals surface area contributed by atoms with Crippen LogP contribution in [0.4, 0.5) is 4.39 Å². The first kappa shape index (κ1) is 14.7. The second-order valence-electron chi connectivity index (χ2n) is 3.61. The van der Waals surface area contributed by atoms with E-state index in [1.807, 2.05) is 0 Å². The molecule has 0 saturated carbocycles. The van der Waals surface area contributed by atoms with Gasteiger partial charge in [0.2, 0.25) is 0 Å². The molecular weight excluding hydrogens is 285 g/mol. The number of carbonyl (C=O) groups is 1. The first-order chi connectivity index (χ1) is 8.21. The van der Waals surface area contributed by atoms with Gasteiger partial charge in [-0.3, -0.25) is 4.79 Å². The fourth-order valence-corrected chi connectivity index (χ4v) is 1.78. The van der Waals surface area contributed by atoms with Crippen molar-refractivity contribution in [3.63, 3.8) is 0 Å². The zero-order valence-corrected chi connectivity index (χ0v) is 11.3. The largest absolute Gasteiger partial charge is 0.481 e. The molecule has 5 nitrogen and oxygen atoms in total. The van der Waals surface area contributed by atoms with E-state index in [0.29, 0.717) is 0 Å². The molecule has 0 N–H and O–H groups in total. The van der Waals surface area contributed by atoms with E-state index in [9.17, 15) is 17.6 Å². The highest BCUT2D eigenvalue weighted by Gasteiger charge is 2.14. The van der Waals surface area contributed by atoms with Gasteiger partial charge in [-0.25, -0.2) is 12.8 Å². The highest BCUT2D eigenvalue weighted by atomic mass is 35.7. The Morgan fingerprint density at radius 3 is 2.50 bits per heavy atom. The molecule has 0 saturated heterocycles. The molecule has 0 unspecified atom stereocenters. The maximum absolute atomic E-state index is 13.5. The SMILES string of the molecule is CN(C)C(=O)COc1ccc(S(=O)(=O)Cl)cc1F. The van der Waals surface area contributed by atoms with E-state index >= 15 is 0 Å². The Hall–Kier alpha value is -1.34. The number of nitrogens with zero attached hydrogens (tertiary/aromatic N) is 1. The number of likely N-dealkylation sites (N-methyl/N-ethyl adjacent to an activating group) is 1. The smallest absolute Gasteiger partial charge is 0.261 e. The minimum absolute atomic E-state index is 0.214. The van der Waals surface area contributed by atoms with E-state index in [1.54, 1.807) is 0 Å². The quantitative estimate of drug-likeness (QED) is 0.784. The summed E-state index contributed by atoms with van der Waals surface area (Å²) in [5.41, 5.74) is 0. The Kier molecular flexibility index (Phi) is 4.53. The zero-order chi connectivity index (χ0) is 13.9. The molecule has 1 rings (SSSR count). The third kappa shape index (κ3) is 3.85. The van der Waals surface area contributed by atoms with Crippen molar-refractivity contribution in [2.24, 2.45) is 0 Å². The van der Waals surface area contributed by atoms with Crippen LogP contribution >= 0.6 is 10.7 Å². The summed E-state index contributed by atoms with van der Waals surface area (Å²) in [6, 6.07) is 2.94. The zero-order valence-electron chi connectivity index (χ0n) is 9.68. The normalized spacial score (nSPS) is 11.1. The third-order valence-electron chi connectivity index (χ3n) is 2.03. The van der Waals surface area contributed by atoms with Crippen LogP contribution in [-0.4, -0.2) is 39.9 Å². The van der Waals surface area contributed by atoms with Crippen LogP contribution in [0, 0.1) is 5.82 Å². The average Bonchev–Trinajstić information content (AvgIpc) is 2.25. The van der Waals surface area contributed by atoms with Crippen molar-refractivity contribution in [3.8, 4) is 5.75 Å². The molecule has 0 heterocycles. The van der Waals surface area contributed by atoms with Gasteiger partial charge in [0.15, 0.2) is 18.2 Å². The van der Waals surface area contributed by atoms with Crippen LogP contribution in [0.1, 0.15) is 0 Å². The van der Waals surface area contributed by atoms with Gasteiger partial charge in [0.1, 0.15) is 0 Å². The standard InChI is InChI=1S/C10H11ClFNO4S/c1-13(2)10(14)6-17-9-4-3-7(5-8(9)12)18(11,15)16/h3-5H,6H2,1-2H3. The number of hydrogen-bond donors (Lipinski definition) is 0. The molecule has 0 spiro atoms. The Morgan fingerprint density at radius 1 is 1.44 bits per heavy atom. The van der Waals surface area contributed by atoms with Crippen molar-refractivity contribution in [1.82, 2.24) is 4.90 Å². The van der Waals surface area contributed by atoms with Crippen LogP contribution in [0.2, 0.25) is 0 Å². The summed E-state index contributed by atoms with van der Waals surface area (Å²) < 4.78 is 40.3. The van der Waals surface area contributed by atoms with Gasteiger partial charge in [-0.1, -0.05) is 0 Å². The molecule has 0 aliphatic rings. The molecule has 0 fully saturated rings. The lowest BCUT2D eigenvalue weighted by molar-refractivity contribution is -0.130. The summed E-state index contributed by atoms with van der Waals surface area (Å²) in [5.74, 6) is -1.46. The average molecular weight is 296 g/mol. The molecule has 18 heavy (non-hydrogen) atoms. The van der Waals surface area contributed by atoms with Gasteiger partial charge in [0, 0.05) is 24.8 Å². The monoisotopic (exact) mass is 295 g/mol. The van der Waals surface area contributed by atoms with E-state index in [-0.39, 0.29) is 23.2 Å². The van der Waals surface area contributed by atoms with Crippen LogP contribution in [0.3, 0.4) is 0 Å². The molecule has 0 atom stereocenters. The summed E-state index contributed by atoms with van der Waals surface area (Å²) in [5, 5.41) is 0. The van der Waals surface area contributed by atoms with E-state index < -0.39 is 14.9 Å². The molecule has 8 heteroatoms. The van der Waals surface area contributed by atoms with E-state index in [0.717, 1.165) is 18.2 Å². The molecule has 1 aromatic carbocycles. The summed E-state index contributed by atoms with van der Waals surface area (Å²) in [7, 11) is 4.14. The Morgan fingerprint density at radius 2 is 2.06 bits per heavy atom. The lowest BCUT2D eigenvalue weighted by Gasteiger charge is -2.11. The summed E-state index contributed by atoms with van der Waals surface area (Å²) in [6.45, 7) is -0.336. The van der Waals surface area contributed by atoms with Crippen LogP contribution < -0.4 is 4.74 Å². The van der Waals surface area contributed by atoms with Crippen molar-refractivity contribution in [1.29, 1.82) is 0 Å². The number of carbonyl (C=O) groups excluding carboxylic acids is 1. The predicted octanol–water partition coefficient (Wildman–Crippen LogP) is 1.22. The highest BCUT2D eigenvalue weighted by Crippen LogP contribution is 2.23. The first-order valence-electron chi connectivity index (χ1n) is 4.79. The molecular formula is C10H11ClFNO4S. The molecule has 1 amide bonds. The highest BCUT2D eigenvalue weighted by molar-refractivity contribution is 8.13. The Labute approximate surface area is 109 Å². The first-order valence-corrected chi connectivity index (χ1v) is 7.10. The summed E-state index contributed by atoms with van der Waals surface area (Å²) >= 11 is 0. The summed E-state index contributed by atoms with van der Waals surface area (Å²) in [4.78, 5) is 12.1. The molecule has 1 aromatic rings. The molecule has 0 aliphatic carbocycles. The maximum atomic E-state index is 13.5. The molecule has 0 radical (unpaired) electrons. The fourth-order valence-electron chi connectivity index (χ4n) is 1.02. The third-order valence-corrected chi connectivity index (χ3v) is 3.39. The van der Waals surface area contributed by atoms with Crippen molar-refractivity contribution in [3.05, 3.63) is 24.0 Å². The Bertz CT molecular complexity index is 559. The number of amides is 1. The lowest BCUT2D eigenvalue weighted by Crippen LogP contribution is -2.27. The van der Waals surface area contributed by atoms with Gasteiger partial charge in [-0.05, 0) is 18.2 Å². The van der Waals surface area contributed by atoms with Crippen molar-refractivity contribution < 1.29 is 22.3 Å². The minimum atomic E-state index is -3.99. The molecule has 0 aliphatic heterocycles. The minimum Gasteiger partial charge on any atom is -0.481 e. The number of benzene rings is 1. The van der Waals surface area contributed by atoms with Crippen LogP contribution in [0.25, 0.3) is 0 Å². The van der Waals surface area contributed by atoms with Crippen LogP contribution in [-0.2, 0) is 13.8 Å². The predicted molar refractivity (Wildman–Crippen MR) is 63.6 cm³/mol. The van der Waals surface area contributed by atoms with Crippen molar-refractivity contribution >= 4 is 25.6 Å². The van der Waals surface area contributed by atoms with E-state index in [1.165, 1.54) is 19.0 Å². The Balaban J connectivity index is 2.84. The van der Waals surface area contributed by atoms with Crippen molar-refractivity contribution in [2.75, 3.05) is 20.7 Å². The van der Waals surface area contributed by atoms with E-state index in [4.69, 9.17) is 15.4 Å². The fraction of sp³-hybridized carbons (Fsp3) is 0.300. The van der Waals surface area contributed by atoms with Gasteiger partial charge in [0.25, 0.3) is 15.0 Å². The number of rotatable bonds is 4. The number of hydrogen-bond acceptors (Lipinski definition) is 4. The number of halogens is 2. The van der Waals surface area contributed by atoms with Gasteiger partial charge < -0.3 is 9.64 Å². The van der Waals surface area contributed by atoms with Crippen LogP contribution in [0.15, 0.2) is 23.1 Å². The second-order valence-corrected chi connectivity index (χ2v) is 6.17. The van der Waals surface area contributed by atoms with Gasteiger partial charge in [-0.15, -0.1) is 0 Å². The number of ether oxygens (including phenoxy) is 1. The van der Waals surface area contributed by atoms with Crippen molar-refractivity contribution in [2.45, 2.75) is 4.90 Å². The maximum Gasteiger partial charge on any atom is 0.261 e. The van der Waals surface area contributed by atoms with Gasteiger partial charge in [-0.2, -0.15) is 0 Å². The topological polar surface area (TPSA) is 63.7 Å². The van der Waals surface area contributed by atoms with E-state index in [2.05, 4.69) is 0 Å². The lowest BCUT2D eigenvalue weighted by atomic mass is 10.3. The van der Waals surface area contributed by atoms with Gasteiger partial charge in [0.05, 0.1) is 4.90 Å². The van der Waals surface area contributed by atoms with Crippen LogP contribution in [0.5, 0.6) is 5.75 Å².